The third-order valence-electron chi connectivity index (χ3n) is 3.65. The van der Waals surface area contributed by atoms with E-state index in [-0.39, 0.29) is 0 Å². The number of aryl methyl sites for hydroxylation is 2. The molecule has 0 aliphatic rings. The molecule has 0 spiro atoms. The molecule has 3 rings (SSSR count). The van der Waals surface area contributed by atoms with Crippen molar-refractivity contribution < 1.29 is 4.52 Å². The lowest BCUT2D eigenvalue weighted by molar-refractivity contribution is 0.369. The van der Waals surface area contributed by atoms with Gasteiger partial charge < -0.3 is 9.84 Å². The van der Waals surface area contributed by atoms with Gasteiger partial charge in [-0.05, 0) is 25.5 Å². The molecular formula is C17H21N5O. The molecule has 0 unspecified atom stereocenters. The van der Waals surface area contributed by atoms with Crippen molar-refractivity contribution in [3.05, 3.63) is 41.8 Å². The summed E-state index contributed by atoms with van der Waals surface area (Å²) in [6.45, 7) is 6.97. The number of hydrogen-bond donors (Lipinski definition) is 1. The van der Waals surface area contributed by atoms with Gasteiger partial charge in [0.15, 0.2) is 5.82 Å². The number of anilines is 1. The standard InChI is InChI=1S/C17H21N5O/c1-11(2)16-21-15(23-22-16)5-4-8-18-17-13-9-12(3)6-7-14(13)19-10-20-17/h6-7,9-11H,4-5,8H2,1-3H3,(H,18,19,20). The van der Waals surface area contributed by atoms with Crippen molar-refractivity contribution in [3.8, 4) is 0 Å². The third-order valence-corrected chi connectivity index (χ3v) is 3.65. The number of hydrogen-bond acceptors (Lipinski definition) is 6. The van der Waals surface area contributed by atoms with Crippen molar-refractivity contribution in [2.75, 3.05) is 11.9 Å². The van der Waals surface area contributed by atoms with Crippen LogP contribution in [0.2, 0.25) is 0 Å². The molecule has 0 radical (unpaired) electrons. The maximum absolute atomic E-state index is 5.25. The molecule has 3 aromatic rings. The van der Waals surface area contributed by atoms with Crippen LogP contribution in [0.3, 0.4) is 0 Å². The number of benzene rings is 1. The minimum atomic E-state index is 0.293. The molecule has 0 aliphatic heterocycles. The van der Waals surface area contributed by atoms with E-state index in [1.54, 1.807) is 6.33 Å². The fourth-order valence-electron chi connectivity index (χ4n) is 2.36. The Morgan fingerprint density at radius 3 is 2.87 bits per heavy atom. The van der Waals surface area contributed by atoms with Gasteiger partial charge in [0.05, 0.1) is 5.52 Å². The first-order valence-electron chi connectivity index (χ1n) is 7.91. The van der Waals surface area contributed by atoms with Gasteiger partial charge in [-0.1, -0.05) is 30.6 Å². The molecule has 0 fully saturated rings. The predicted molar refractivity (Wildman–Crippen MR) is 89.5 cm³/mol. The molecule has 2 heterocycles. The molecule has 6 heteroatoms. The van der Waals surface area contributed by atoms with Crippen molar-refractivity contribution in [3.63, 3.8) is 0 Å². The number of fused-ring (bicyclic) bond motifs is 1. The van der Waals surface area contributed by atoms with Crippen LogP contribution in [0, 0.1) is 6.92 Å². The van der Waals surface area contributed by atoms with Gasteiger partial charge in [-0.15, -0.1) is 0 Å². The minimum absolute atomic E-state index is 0.293. The Bertz CT molecular complexity index is 797. The second-order valence-electron chi connectivity index (χ2n) is 5.97. The Hall–Kier alpha value is -2.50. The largest absolute Gasteiger partial charge is 0.369 e. The number of nitrogens with one attached hydrogen (secondary N) is 1. The summed E-state index contributed by atoms with van der Waals surface area (Å²) in [4.78, 5) is 13.0. The van der Waals surface area contributed by atoms with Gasteiger partial charge in [0.25, 0.3) is 0 Å². The zero-order chi connectivity index (χ0) is 16.2. The molecule has 0 saturated carbocycles. The molecule has 1 aromatic carbocycles. The molecule has 0 atom stereocenters. The summed E-state index contributed by atoms with van der Waals surface area (Å²) >= 11 is 0. The van der Waals surface area contributed by atoms with Crippen molar-refractivity contribution >= 4 is 16.7 Å². The molecular weight excluding hydrogens is 290 g/mol. The Kier molecular flexibility index (Phi) is 4.50. The van der Waals surface area contributed by atoms with Crippen LogP contribution in [0.5, 0.6) is 0 Å². The summed E-state index contributed by atoms with van der Waals surface area (Å²) in [6.07, 6.45) is 3.25. The highest BCUT2D eigenvalue weighted by Crippen LogP contribution is 2.20. The van der Waals surface area contributed by atoms with Crippen LogP contribution in [0.25, 0.3) is 10.9 Å². The van der Waals surface area contributed by atoms with Gasteiger partial charge >= 0.3 is 0 Å². The van der Waals surface area contributed by atoms with E-state index >= 15 is 0 Å². The monoisotopic (exact) mass is 311 g/mol. The zero-order valence-electron chi connectivity index (χ0n) is 13.7. The first-order valence-corrected chi connectivity index (χ1v) is 7.91. The molecule has 120 valence electrons. The fraction of sp³-hybridized carbons (Fsp3) is 0.412. The highest BCUT2D eigenvalue weighted by molar-refractivity contribution is 5.89. The van der Waals surface area contributed by atoms with E-state index in [0.29, 0.717) is 11.8 Å². The van der Waals surface area contributed by atoms with Gasteiger partial charge in [0, 0.05) is 24.3 Å². The molecule has 23 heavy (non-hydrogen) atoms. The second kappa shape index (κ2) is 6.73. The fourth-order valence-corrected chi connectivity index (χ4v) is 2.36. The first kappa shape index (κ1) is 15.4. The van der Waals surface area contributed by atoms with Crippen LogP contribution in [0.15, 0.2) is 29.0 Å². The normalized spacial score (nSPS) is 11.3. The number of aromatic nitrogens is 4. The molecule has 0 bridgehead atoms. The lowest BCUT2D eigenvalue weighted by Crippen LogP contribution is -2.05. The molecule has 1 N–H and O–H groups in total. The van der Waals surface area contributed by atoms with E-state index in [2.05, 4.69) is 58.3 Å². The summed E-state index contributed by atoms with van der Waals surface area (Å²) in [5, 5.41) is 8.40. The number of rotatable bonds is 6. The molecule has 6 nitrogen and oxygen atoms in total. The van der Waals surface area contributed by atoms with Crippen LogP contribution in [0.4, 0.5) is 5.82 Å². The Labute approximate surface area is 135 Å². The Morgan fingerprint density at radius 1 is 1.22 bits per heavy atom. The van der Waals surface area contributed by atoms with E-state index in [9.17, 15) is 0 Å². The maximum Gasteiger partial charge on any atom is 0.226 e. The highest BCUT2D eigenvalue weighted by atomic mass is 16.5. The lowest BCUT2D eigenvalue weighted by Gasteiger charge is -2.08. The summed E-state index contributed by atoms with van der Waals surface area (Å²) in [6, 6.07) is 6.18. The highest BCUT2D eigenvalue weighted by Gasteiger charge is 2.09. The minimum Gasteiger partial charge on any atom is -0.369 e. The van der Waals surface area contributed by atoms with E-state index in [4.69, 9.17) is 4.52 Å². The first-order chi connectivity index (χ1) is 11.1. The summed E-state index contributed by atoms with van der Waals surface area (Å²) in [5.41, 5.74) is 2.15. The molecule has 0 amide bonds. The van der Waals surface area contributed by atoms with Crippen LogP contribution < -0.4 is 5.32 Å². The van der Waals surface area contributed by atoms with Crippen LogP contribution in [0.1, 0.15) is 43.5 Å². The molecule has 0 saturated heterocycles. The summed E-state index contributed by atoms with van der Waals surface area (Å²) < 4.78 is 5.25. The van der Waals surface area contributed by atoms with E-state index in [0.717, 1.165) is 41.9 Å². The summed E-state index contributed by atoms with van der Waals surface area (Å²) in [7, 11) is 0. The SMILES string of the molecule is Cc1ccc2ncnc(NCCCc3nc(C(C)C)no3)c2c1. The topological polar surface area (TPSA) is 76.7 Å². The average molecular weight is 311 g/mol. The van der Waals surface area contributed by atoms with Gasteiger partial charge in [-0.3, -0.25) is 0 Å². The van der Waals surface area contributed by atoms with Crippen molar-refractivity contribution in [1.82, 2.24) is 20.1 Å². The zero-order valence-corrected chi connectivity index (χ0v) is 13.7. The third kappa shape index (κ3) is 3.64. The van der Waals surface area contributed by atoms with E-state index < -0.39 is 0 Å². The van der Waals surface area contributed by atoms with Crippen molar-refractivity contribution in [2.45, 2.75) is 39.5 Å². The van der Waals surface area contributed by atoms with Gasteiger partial charge in [0.1, 0.15) is 12.1 Å². The summed E-state index contributed by atoms with van der Waals surface area (Å²) in [5.74, 6) is 2.62. The van der Waals surface area contributed by atoms with E-state index in [1.807, 2.05) is 6.07 Å². The van der Waals surface area contributed by atoms with Crippen LogP contribution in [-0.2, 0) is 6.42 Å². The Morgan fingerprint density at radius 2 is 2.09 bits per heavy atom. The Balaban J connectivity index is 1.59. The van der Waals surface area contributed by atoms with Crippen molar-refractivity contribution in [1.29, 1.82) is 0 Å². The van der Waals surface area contributed by atoms with E-state index in [1.165, 1.54) is 5.56 Å². The molecule has 2 aromatic heterocycles. The lowest BCUT2D eigenvalue weighted by atomic mass is 10.1. The van der Waals surface area contributed by atoms with Gasteiger partial charge in [0.2, 0.25) is 5.89 Å². The number of nitrogens with zero attached hydrogens (tertiary/aromatic N) is 4. The smallest absolute Gasteiger partial charge is 0.226 e. The second-order valence-corrected chi connectivity index (χ2v) is 5.97. The average Bonchev–Trinajstić information content (AvgIpc) is 3.01. The quantitative estimate of drug-likeness (QED) is 0.702. The molecule has 0 aliphatic carbocycles. The van der Waals surface area contributed by atoms with Gasteiger partial charge in [-0.2, -0.15) is 4.98 Å². The van der Waals surface area contributed by atoms with Crippen molar-refractivity contribution in [2.24, 2.45) is 0 Å². The van der Waals surface area contributed by atoms with Crippen LogP contribution >= 0.6 is 0 Å². The van der Waals surface area contributed by atoms with Crippen LogP contribution in [-0.4, -0.2) is 26.7 Å². The van der Waals surface area contributed by atoms with Gasteiger partial charge in [-0.25, -0.2) is 9.97 Å². The maximum atomic E-state index is 5.25. The predicted octanol–water partition coefficient (Wildman–Crippen LogP) is 3.49.